The number of halogens is 6. The van der Waals surface area contributed by atoms with Crippen LogP contribution in [0.1, 0.15) is 55.4 Å². The molecule has 0 atom stereocenters. The SMILES string of the molecule is CCCCc1ccc(OC(F)(F)c2ccc(OC(F)(F)c3c(F)cc(CCC)cc3F)cc2)cc1. The average Bonchev–Trinajstić information content (AvgIpc) is 2.78. The van der Waals surface area contributed by atoms with Gasteiger partial charge in [-0.25, -0.2) is 8.78 Å². The minimum Gasteiger partial charge on any atom is -0.429 e. The number of hydrogen-bond donors (Lipinski definition) is 0. The highest BCUT2D eigenvalue weighted by molar-refractivity contribution is 5.34. The van der Waals surface area contributed by atoms with Crippen LogP contribution < -0.4 is 9.47 Å². The van der Waals surface area contributed by atoms with E-state index in [2.05, 4.69) is 11.7 Å². The van der Waals surface area contributed by atoms with Crippen LogP contribution in [0, 0.1) is 11.6 Å². The number of alkyl halides is 4. The highest BCUT2D eigenvalue weighted by atomic mass is 19.3. The Balaban J connectivity index is 1.72. The van der Waals surface area contributed by atoms with Crippen LogP contribution in [0.15, 0.2) is 60.7 Å². The lowest BCUT2D eigenvalue weighted by atomic mass is 10.1. The van der Waals surface area contributed by atoms with Crippen molar-refractivity contribution in [2.75, 3.05) is 0 Å². The highest BCUT2D eigenvalue weighted by Crippen LogP contribution is 2.37. The maximum Gasteiger partial charge on any atom is 0.432 e. The van der Waals surface area contributed by atoms with E-state index in [0.29, 0.717) is 12.8 Å². The summed E-state index contributed by atoms with van der Waals surface area (Å²) in [6, 6.07) is 11.3. The Bertz CT molecular complexity index is 1090. The van der Waals surface area contributed by atoms with Crippen LogP contribution in [-0.4, -0.2) is 0 Å². The molecular formula is C27H26F6O2. The highest BCUT2D eigenvalue weighted by Gasteiger charge is 2.41. The fourth-order valence-electron chi connectivity index (χ4n) is 3.56. The van der Waals surface area contributed by atoms with E-state index in [1.54, 1.807) is 19.1 Å². The molecular weight excluding hydrogens is 470 g/mol. The first-order chi connectivity index (χ1) is 16.6. The van der Waals surface area contributed by atoms with Crippen molar-refractivity contribution in [3.8, 4) is 11.5 Å². The van der Waals surface area contributed by atoms with Gasteiger partial charge in [0.2, 0.25) is 0 Å². The fourth-order valence-corrected chi connectivity index (χ4v) is 3.56. The molecule has 2 nitrogen and oxygen atoms in total. The Morgan fingerprint density at radius 3 is 1.66 bits per heavy atom. The maximum atomic E-state index is 14.6. The third-order valence-corrected chi connectivity index (χ3v) is 5.36. The molecule has 0 unspecified atom stereocenters. The van der Waals surface area contributed by atoms with Crippen molar-refractivity contribution in [3.05, 3.63) is 94.6 Å². The Kier molecular flexibility index (Phi) is 8.35. The molecule has 0 aliphatic rings. The summed E-state index contributed by atoms with van der Waals surface area (Å²) in [6.45, 7) is 3.83. The maximum absolute atomic E-state index is 14.6. The van der Waals surface area contributed by atoms with Crippen LogP contribution in [0.2, 0.25) is 0 Å². The normalized spacial score (nSPS) is 12.0. The Hall–Kier alpha value is -3.16. The van der Waals surface area contributed by atoms with Gasteiger partial charge < -0.3 is 9.47 Å². The summed E-state index contributed by atoms with van der Waals surface area (Å²) in [7, 11) is 0. The molecule has 3 aromatic rings. The topological polar surface area (TPSA) is 18.5 Å². The molecule has 188 valence electrons. The van der Waals surface area contributed by atoms with Crippen molar-refractivity contribution < 1.29 is 35.8 Å². The minimum atomic E-state index is -4.36. The lowest BCUT2D eigenvalue weighted by Crippen LogP contribution is -2.25. The van der Waals surface area contributed by atoms with Gasteiger partial charge in [-0.1, -0.05) is 38.8 Å². The van der Waals surface area contributed by atoms with E-state index in [9.17, 15) is 26.3 Å². The van der Waals surface area contributed by atoms with Gasteiger partial charge in [0, 0.05) is 0 Å². The molecule has 3 aromatic carbocycles. The third kappa shape index (κ3) is 6.71. The van der Waals surface area contributed by atoms with Crippen LogP contribution >= 0.6 is 0 Å². The number of rotatable bonds is 11. The van der Waals surface area contributed by atoms with Crippen molar-refractivity contribution in [2.45, 2.75) is 58.2 Å². The van der Waals surface area contributed by atoms with Crippen molar-refractivity contribution in [3.63, 3.8) is 0 Å². The summed E-state index contributed by atoms with van der Waals surface area (Å²) in [5.41, 5.74) is -0.913. The van der Waals surface area contributed by atoms with Gasteiger partial charge in [0.05, 0.1) is 5.56 Å². The molecule has 0 aliphatic carbocycles. The Labute approximate surface area is 200 Å². The summed E-state index contributed by atoms with van der Waals surface area (Å²) < 4.78 is 96.0. The smallest absolute Gasteiger partial charge is 0.429 e. The second kappa shape index (κ2) is 11.1. The van der Waals surface area contributed by atoms with Crippen LogP contribution in [0.4, 0.5) is 26.3 Å². The summed E-state index contributed by atoms with van der Waals surface area (Å²) in [4.78, 5) is 0. The molecule has 0 amide bonds. The Morgan fingerprint density at radius 1 is 0.629 bits per heavy atom. The van der Waals surface area contributed by atoms with Crippen LogP contribution in [0.5, 0.6) is 11.5 Å². The van der Waals surface area contributed by atoms with E-state index in [0.717, 1.165) is 61.2 Å². The number of ether oxygens (including phenoxy) is 2. The molecule has 0 bridgehead atoms. The van der Waals surface area contributed by atoms with Gasteiger partial charge in [0.15, 0.2) is 0 Å². The van der Waals surface area contributed by atoms with Gasteiger partial charge in [-0.2, -0.15) is 17.6 Å². The molecule has 0 aliphatic heterocycles. The molecule has 0 aromatic heterocycles. The van der Waals surface area contributed by atoms with Crippen molar-refractivity contribution in [1.82, 2.24) is 0 Å². The predicted molar refractivity (Wildman–Crippen MR) is 121 cm³/mol. The van der Waals surface area contributed by atoms with E-state index in [-0.39, 0.29) is 11.3 Å². The first-order valence-corrected chi connectivity index (χ1v) is 11.4. The van der Waals surface area contributed by atoms with Gasteiger partial charge in [0.1, 0.15) is 28.7 Å². The summed E-state index contributed by atoms with van der Waals surface area (Å²) in [6.07, 6.45) is -4.39. The molecule has 3 rings (SSSR count). The van der Waals surface area contributed by atoms with Gasteiger partial charge in [0.25, 0.3) is 0 Å². The molecule has 35 heavy (non-hydrogen) atoms. The third-order valence-electron chi connectivity index (χ3n) is 5.36. The van der Waals surface area contributed by atoms with Crippen molar-refractivity contribution in [2.24, 2.45) is 0 Å². The largest absolute Gasteiger partial charge is 0.432 e. The van der Waals surface area contributed by atoms with Crippen LogP contribution in [0.3, 0.4) is 0 Å². The van der Waals surface area contributed by atoms with E-state index < -0.39 is 40.7 Å². The first kappa shape index (κ1) is 26.4. The molecule has 0 heterocycles. The zero-order chi connectivity index (χ0) is 25.6. The Morgan fingerprint density at radius 2 is 1.14 bits per heavy atom. The predicted octanol–water partition coefficient (Wildman–Crippen LogP) is 8.52. The molecule has 0 fully saturated rings. The molecule has 0 saturated carbocycles. The summed E-state index contributed by atoms with van der Waals surface area (Å²) in [5, 5.41) is 0. The standard InChI is InChI=1S/C27H26F6O2/c1-3-5-7-18-8-12-21(13-9-18)34-26(30,31)20-10-14-22(15-11-20)35-27(32,33)25-23(28)16-19(6-4-2)17-24(25)29/h8-17H,3-7H2,1-2H3. The second-order valence-electron chi connectivity index (χ2n) is 8.19. The van der Waals surface area contributed by atoms with E-state index in [1.165, 1.54) is 12.1 Å². The van der Waals surface area contributed by atoms with Gasteiger partial charge >= 0.3 is 12.2 Å². The number of hydrogen-bond acceptors (Lipinski definition) is 2. The van der Waals surface area contributed by atoms with Crippen LogP contribution in [0.25, 0.3) is 0 Å². The monoisotopic (exact) mass is 496 g/mol. The fraction of sp³-hybridized carbons (Fsp3) is 0.333. The van der Waals surface area contributed by atoms with Gasteiger partial charge in [-0.05, 0) is 78.9 Å². The average molecular weight is 496 g/mol. The summed E-state index contributed by atoms with van der Waals surface area (Å²) in [5.74, 6) is -3.50. The lowest BCUT2D eigenvalue weighted by molar-refractivity contribution is -0.190. The lowest BCUT2D eigenvalue weighted by Gasteiger charge is -2.21. The van der Waals surface area contributed by atoms with Gasteiger partial charge in [-0.15, -0.1) is 0 Å². The molecule has 0 spiro atoms. The number of aryl methyl sites for hydroxylation is 2. The first-order valence-electron chi connectivity index (χ1n) is 11.4. The summed E-state index contributed by atoms with van der Waals surface area (Å²) >= 11 is 0. The molecule has 0 radical (unpaired) electrons. The molecule has 0 N–H and O–H groups in total. The number of unbranched alkanes of at least 4 members (excludes halogenated alkanes) is 1. The zero-order valence-corrected chi connectivity index (χ0v) is 19.4. The van der Waals surface area contributed by atoms with E-state index in [4.69, 9.17) is 4.74 Å². The zero-order valence-electron chi connectivity index (χ0n) is 19.4. The van der Waals surface area contributed by atoms with Crippen molar-refractivity contribution in [1.29, 1.82) is 0 Å². The van der Waals surface area contributed by atoms with E-state index in [1.807, 2.05) is 0 Å². The molecule has 0 saturated heterocycles. The number of benzene rings is 3. The van der Waals surface area contributed by atoms with E-state index >= 15 is 0 Å². The minimum absolute atomic E-state index is 0.0559. The second-order valence-corrected chi connectivity index (χ2v) is 8.19. The van der Waals surface area contributed by atoms with Crippen LogP contribution in [-0.2, 0) is 25.1 Å². The quantitative estimate of drug-likeness (QED) is 0.248. The van der Waals surface area contributed by atoms with Gasteiger partial charge in [-0.3, -0.25) is 0 Å². The van der Waals surface area contributed by atoms with Crippen molar-refractivity contribution >= 4 is 0 Å². The molecule has 8 heteroatoms.